The van der Waals surface area contributed by atoms with Crippen LogP contribution in [0.1, 0.15) is 32.3 Å². The van der Waals surface area contributed by atoms with Crippen LogP contribution in [0.4, 0.5) is 5.69 Å². The molecule has 1 aliphatic rings. The second-order valence-corrected chi connectivity index (χ2v) is 6.68. The Labute approximate surface area is 140 Å². The smallest absolute Gasteiger partial charge is 0.239 e. The first kappa shape index (κ1) is 16.5. The summed E-state index contributed by atoms with van der Waals surface area (Å²) in [5.74, 6) is -0.0143. The molecule has 114 valence electrons. The van der Waals surface area contributed by atoms with Gasteiger partial charge in [-0.1, -0.05) is 39.7 Å². The fourth-order valence-electron chi connectivity index (χ4n) is 2.88. The van der Waals surface area contributed by atoms with E-state index in [0.29, 0.717) is 13.0 Å². The zero-order valence-electron chi connectivity index (χ0n) is 12.9. The molecular weight excluding hydrogens is 340 g/mol. The number of rotatable bonds is 5. The molecule has 0 bridgehead atoms. The SMILES string of the molecule is C=CCN1C(=O)C(CC#N)(CC=C(C)C)c2ccc(Br)cc21. The van der Waals surface area contributed by atoms with Crippen LogP contribution < -0.4 is 4.90 Å². The van der Waals surface area contributed by atoms with E-state index in [-0.39, 0.29) is 12.3 Å². The molecule has 1 aromatic carbocycles. The molecule has 1 unspecified atom stereocenters. The zero-order chi connectivity index (χ0) is 16.3. The van der Waals surface area contributed by atoms with Crippen molar-refractivity contribution in [3.8, 4) is 6.07 Å². The fourth-order valence-corrected chi connectivity index (χ4v) is 3.23. The van der Waals surface area contributed by atoms with E-state index < -0.39 is 5.41 Å². The average Bonchev–Trinajstić information content (AvgIpc) is 2.68. The fraction of sp³-hybridized carbons (Fsp3) is 0.333. The number of nitriles is 1. The van der Waals surface area contributed by atoms with Crippen molar-refractivity contribution in [2.45, 2.75) is 32.1 Å². The second kappa shape index (κ2) is 6.50. The van der Waals surface area contributed by atoms with Crippen molar-refractivity contribution in [1.82, 2.24) is 0 Å². The summed E-state index contributed by atoms with van der Waals surface area (Å²) in [7, 11) is 0. The summed E-state index contributed by atoms with van der Waals surface area (Å²) in [6.45, 7) is 8.20. The Bertz CT molecular complexity index is 683. The lowest BCUT2D eigenvalue weighted by Gasteiger charge is -2.25. The molecule has 1 aromatic rings. The van der Waals surface area contributed by atoms with Gasteiger partial charge in [0, 0.05) is 16.7 Å². The Hall–Kier alpha value is -1.86. The van der Waals surface area contributed by atoms with Crippen molar-refractivity contribution in [3.63, 3.8) is 0 Å². The molecule has 0 saturated carbocycles. The first-order valence-electron chi connectivity index (χ1n) is 7.19. The van der Waals surface area contributed by atoms with Crippen LogP contribution in [0.2, 0.25) is 0 Å². The average molecular weight is 359 g/mol. The number of hydrogen-bond donors (Lipinski definition) is 0. The Morgan fingerprint density at radius 3 is 2.82 bits per heavy atom. The largest absolute Gasteiger partial charge is 0.307 e. The van der Waals surface area contributed by atoms with Crippen LogP contribution in [0, 0.1) is 11.3 Å². The van der Waals surface area contributed by atoms with Crippen LogP contribution in [-0.2, 0) is 10.2 Å². The highest BCUT2D eigenvalue weighted by molar-refractivity contribution is 9.10. The Balaban J connectivity index is 2.63. The van der Waals surface area contributed by atoms with E-state index in [1.165, 1.54) is 0 Å². The molecule has 4 heteroatoms. The van der Waals surface area contributed by atoms with Crippen molar-refractivity contribution < 1.29 is 4.79 Å². The number of amides is 1. The van der Waals surface area contributed by atoms with Crippen LogP contribution in [0.25, 0.3) is 0 Å². The molecule has 0 aliphatic carbocycles. The van der Waals surface area contributed by atoms with E-state index in [4.69, 9.17) is 0 Å². The first-order chi connectivity index (χ1) is 10.5. The van der Waals surface area contributed by atoms with E-state index in [1.54, 1.807) is 11.0 Å². The Morgan fingerprint density at radius 2 is 2.23 bits per heavy atom. The number of fused-ring (bicyclic) bond motifs is 1. The van der Waals surface area contributed by atoms with Crippen molar-refractivity contribution in [2.24, 2.45) is 0 Å². The van der Waals surface area contributed by atoms with Gasteiger partial charge >= 0.3 is 0 Å². The van der Waals surface area contributed by atoms with Gasteiger partial charge in [-0.2, -0.15) is 5.26 Å². The lowest BCUT2D eigenvalue weighted by atomic mass is 9.76. The van der Waals surface area contributed by atoms with E-state index in [9.17, 15) is 10.1 Å². The Kier molecular flexibility index (Phi) is 4.87. The number of hydrogen-bond acceptors (Lipinski definition) is 2. The quantitative estimate of drug-likeness (QED) is 0.727. The van der Waals surface area contributed by atoms with Crippen LogP contribution in [0.3, 0.4) is 0 Å². The number of nitrogens with zero attached hydrogens (tertiary/aromatic N) is 2. The molecule has 0 aromatic heterocycles. The van der Waals surface area contributed by atoms with E-state index in [0.717, 1.165) is 21.3 Å². The monoisotopic (exact) mass is 358 g/mol. The zero-order valence-corrected chi connectivity index (χ0v) is 14.5. The maximum Gasteiger partial charge on any atom is 0.239 e. The predicted octanol–water partition coefficient (Wildman–Crippen LogP) is 4.49. The van der Waals surface area contributed by atoms with Crippen molar-refractivity contribution in [1.29, 1.82) is 5.26 Å². The van der Waals surface area contributed by atoms with Gasteiger partial charge in [0.15, 0.2) is 0 Å². The number of allylic oxidation sites excluding steroid dienone is 2. The van der Waals surface area contributed by atoms with Gasteiger partial charge in [0.1, 0.15) is 0 Å². The molecule has 3 nitrogen and oxygen atoms in total. The molecular formula is C18H19BrN2O. The normalized spacial score (nSPS) is 19.5. The van der Waals surface area contributed by atoms with Crippen molar-refractivity contribution in [2.75, 3.05) is 11.4 Å². The minimum atomic E-state index is -0.787. The van der Waals surface area contributed by atoms with Crippen LogP contribution in [-0.4, -0.2) is 12.5 Å². The highest BCUT2D eigenvalue weighted by Gasteiger charge is 2.49. The van der Waals surface area contributed by atoms with E-state index >= 15 is 0 Å². The van der Waals surface area contributed by atoms with E-state index in [2.05, 4.69) is 28.6 Å². The highest BCUT2D eigenvalue weighted by atomic mass is 79.9. The summed E-state index contributed by atoms with van der Waals surface area (Å²) in [4.78, 5) is 14.8. The van der Waals surface area contributed by atoms with Gasteiger partial charge in [-0.25, -0.2) is 0 Å². The molecule has 0 saturated heterocycles. The molecule has 0 fully saturated rings. The number of anilines is 1. The number of halogens is 1. The molecule has 1 aliphatic heterocycles. The standard InChI is InChI=1S/C18H19BrN2O/c1-4-11-21-16-12-14(19)5-6-15(16)18(9-10-20,17(21)22)8-7-13(2)3/h4-7,12H,1,8-9,11H2,2-3H3. The molecule has 22 heavy (non-hydrogen) atoms. The summed E-state index contributed by atoms with van der Waals surface area (Å²) in [5.41, 5.74) is 2.16. The van der Waals surface area contributed by atoms with Gasteiger partial charge in [0.2, 0.25) is 5.91 Å². The minimum absolute atomic E-state index is 0.0143. The summed E-state index contributed by atoms with van der Waals surface area (Å²) in [6, 6.07) is 8.03. The minimum Gasteiger partial charge on any atom is -0.307 e. The van der Waals surface area contributed by atoms with Gasteiger partial charge in [-0.05, 0) is 38.0 Å². The Morgan fingerprint density at radius 1 is 1.50 bits per heavy atom. The summed E-state index contributed by atoms with van der Waals surface area (Å²) in [6.07, 6.45) is 4.48. The van der Waals surface area contributed by atoms with Gasteiger partial charge in [0.05, 0.1) is 17.9 Å². The van der Waals surface area contributed by atoms with Gasteiger partial charge in [0.25, 0.3) is 0 Å². The maximum atomic E-state index is 13.1. The lowest BCUT2D eigenvalue weighted by Crippen LogP contribution is -2.40. The second-order valence-electron chi connectivity index (χ2n) is 5.77. The molecule has 0 radical (unpaired) electrons. The third-order valence-corrected chi connectivity index (χ3v) is 4.47. The number of carbonyl (C=O) groups excluding carboxylic acids is 1. The molecule has 2 rings (SSSR count). The molecule has 0 spiro atoms. The highest BCUT2D eigenvalue weighted by Crippen LogP contribution is 2.47. The third-order valence-electron chi connectivity index (χ3n) is 3.97. The summed E-state index contributed by atoms with van der Waals surface area (Å²) in [5, 5.41) is 9.30. The van der Waals surface area contributed by atoms with Crippen LogP contribution in [0.15, 0.2) is 47.0 Å². The van der Waals surface area contributed by atoms with E-state index in [1.807, 2.05) is 38.1 Å². The first-order valence-corrected chi connectivity index (χ1v) is 7.99. The number of benzene rings is 1. The van der Waals surface area contributed by atoms with Crippen molar-refractivity contribution >= 4 is 27.5 Å². The van der Waals surface area contributed by atoms with Crippen LogP contribution >= 0.6 is 15.9 Å². The van der Waals surface area contributed by atoms with Crippen LogP contribution in [0.5, 0.6) is 0 Å². The molecule has 1 amide bonds. The maximum absolute atomic E-state index is 13.1. The third kappa shape index (κ3) is 2.74. The van der Waals surface area contributed by atoms with Gasteiger partial charge in [-0.15, -0.1) is 6.58 Å². The van der Waals surface area contributed by atoms with Gasteiger partial charge < -0.3 is 4.90 Å². The molecule has 1 atom stereocenters. The summed E-state index contributed by atoms with van der Waals surface area (Å²) < 4.78 is 0.920. The topological polar surface area (TPSA) is 44.1 Å². The summed E-state index contributed by atoms with van der Waals surface area (Å²) >= 11 is 3.46. The number of carbonyl (C=O) groups is 1. The van der Waals surface area contributed by atoms with Crippen molar-refractivity contribution in [3.05, 3.63) is 52.5 Å². The molecule has 0 N–H and O–H groups in total. The lowest BCUT2D eigenvalue weighted by molar-refractivity contribution is -0.122. The van der Waals surface area contributed by atoms with Gasteiger partial charge in [-0.3, -0.25) is 4.79 Å². The predicted molar refractivity (Wildman–Crippen MR) is 92.6 cm³/mol. The molecule has 1 heterocycles.